The van der Waals surface area contributed by atoms with Crippen molar-refractivity contribution in [1.29, 1.82) is 0 Å². The molecule has 0 saturated heterocycles. The molecule has 0 saturated carbocycles. The van der Waals surface area contributed by atoms with Gasteiger partial charge in [-0.3, -0.25) is 0 Å². The zero-order valence-corrected chi connectivity index (χ0v) is 10.4. The fourth-order valence-electron chi connectivity index (χ4n) is 1.65. The van der Waals surface area contributed by atoms with Gasteiger partial charge in [-0.2, -0.15) is 0 Å². The average Bonchev–Trinajstić information content (AvgIpc) is 2.34. The molecule has 0 radical (unpaired) electrons. The summed E-state index contributed by atoms with van der Waals surface area (Å²) in [5, 5.41) is 9.37. The van der Waals surface area contributed by atoms with Crippen molar-refractivity contribution in [3.05, 3.63) is 59.4 Å². The summed E-state index contributed by atoms with van der Waals surface area (Å²) in [6, 6.07) is 11.9. The minimum absolute atomic E-state index is 0.161. The number of ether oxygens (including phenoxy) is 1. The number of para-hydroxylation sites is 1. The van der Waals surface area contributed by atoms with Crippen LogP contribution in [0.15, 0.2) is 42.5 Å². The molecule has 3 heteroatoms. The first-order valence-corrected chi connectivity index (χ1v) is 5.79. The van der Waals surface area contributed by atoms with E-state index in [2.05, 4.69) is 0 Å². The normalized spacial score (nSPS) is 12.2. The van der Waals surface area contributed by atoms with E-state index < -0.39 is 11.9 Å². The molecule has 2 aromatic carbocycles. The summed E-state index contributed by atoms with van der Waals surface area (Å²) in [5.41, 5.74) is 1.47. The molecule has 0 spiro atoms. The Morgan fingerprint density at radius 1 is 1.11 bits per heavy atom. The molecule has 18 heavy (non-hydrogen) atoms. The van der Waals surface area contributed by atoms with Gasteiger partial charge >= 0.3 is 0 Å². The summed E-state index contributed by atoms with van der Waals surface area (Å²) >= 11 is 0. The van der Waals surface area contributed by atoms with Gasteiger partial charge in [0.25, 0.3) is 0 Å². The molecular formula is C15H15FO2. The van der Waals surface area contributed by atoms with E-state index in [1.54, 1.807) is 19.1 Å². The second-order valence-corrected chi connectivity index (χ2v) is 4.23. The second kappa shape index (κ2) is 5.19. The number of rotatable bonds is 3. The Morgan fingerprint density at radius 2 is 1.83 bits per heavy atom. The van der Waals surface area contributed by atoms with Gasteiger partial charge in [-0.15, -0.1) is 0 Å². The molecule has 2 aromatic rings. The quantitative estimate of drug-likeness (QED) is 0.887. The topological polar surface area (TPSA) is 29.5 Å². The maximum atomic E-state index is 13.8. The van der Waals surface area contributed by atoms with Gasteiger partial charge in [-0.25, -0.2) is 4.39 Å². The minimum atomic E-state index is -0.688. The van der Waals surface area contributed by atoms with Gasteiger partial charge in [0.2, 0.25) is 0 Å². The van der Waals surface area contributed by atoms with E-state index >= 15 is 0 Å². The first kappa shape index (κ1) is 12.6. The SMILES string of the molecule is Cc1ccccc1Oc1ccc([C@@H](C)O)cc1F. The summed E-state index contributed by atoms with van der Waals surface area (Å²) in [5.74, 6) is 0.312. The molecule has 0 heterocycles. The van der Waals surface area contributed by atoms with Gasteiger partial charge in [0, 0.05) is 0 Å². The van der Waals surface area contributed by atoms with Crippen LogP contribution in [0.1, 0.15) is 24.2 Å². The molecule has 0 aromatic heterocycles. The Balaban J connectivity index is 2.28. The largest absolute Gasteiger partial charge is 0.454 e. The fraction of sp³-hybridized carbons (Fsp3) is 0.200. The first-order chi connectivity index (χ1) is 8.58. The highest BCUT2D eigenvalue weighted by atomic mass is 19.1. The van der Waals surface area contributed by atoms with Crippen molar-refractivity contribution in [2.24, 2.45) is 0 Å². The summed E-state index contributed by atoms with van der Waals surface area (Å²) in [6.45, 7) is 3.49. The molecule has 0 aliphatic carbocycles. The van der Waals surface area contributed by atoms with E-state index in [0.717, 1.165) is 5.56 Å². The number of aliphatic hydroxyl groups is 1. The van der Waals surface area contributed by atoms with Crippen LogP contribution in [0, 0.1) is 12.7 Å². The van der Waals surface area contributed by atoms with E-state index in [1.165, 1.54) is 12.1 Å². The smallest absolute Gasteiger partial charge is 0.166 e. The summed E-state index contributed by atoms with van der Waals surface area (Å²) in [7, 11) is 0. The maximum absolute atomic E-state index is 13.8. The third-order valence-electron chi connectivity index (χ3n) is 2.75. The van der Waals surface area contributed by atoms with Gasteiger partial charge in [0.15, 0.2) is 11.6 Å². The third-order valence-corrected chi connectivity index (χ3v) is 2.75. The number of hydrogen-bond acceptors (Lipinski definition) is 2. The number of benzene rings is 2. The van der Waals surface area contributed by atoms with Crippen molar-refractivity contribution in [2.45, 2.75) is 20.0 Å². The van der Waals surface area contributed by atoms with Crippen LogP contribution >= 0.6 is 0 Å². The maximum Gasteiger partial charge on any atom is 0.166 e. The molecule has 2 nitrogen and oxygen atoms in total. The molecule has 2 rings (SSSR count). The molecule has 94 valence electrons. The molecule has 0 fully saturated rings. The van der Waals surface area contributed by atoms with Crippen LogP contribution in [0.4, 0.5) is 4.39 Å². The van der Waals surface area contributed by atoms with Gasteiger partial charge in [0.1, 0.15) is 5.75 Å². The zero-order valence-electron chi connectivity index (χ0n) is 10.4. The van der Waals surface area contributed by atoms with Crippen molar-refractivity contribution >= 4 is 0 Å². The highest BCUT2D eigenvalue weighted by Gasteiger charge is 2.09. The highest BCUT2D eigenvalue weighted by molar-refractivity contribution is 5.38. The molecule has 0 amide bonds. The van der Waals surface area contributed by atoms with Gasteiger partial charge in [-0.1, -0.05) is 24.3 Å². The fourth-order valence-corrected chi connectivity index (χ4v) is 1.65. The molecular weight excluding hydrogens is 231 g/mol. The Hall–Kier alpha value is -1.87. The van der Waals surface area contributed by atoms with Crippen molar-refractivity contribution in [1.82, 2.24) is 0 Å². The highest BCUT2D eigenvalue weighted by Crippen LogP contribution is 2.28. The lowest BCUT2D eigenvalue weighted by atomic mass is 10.1. The Kier molecular flexibility index (Phi) is 3.63. The van der Waals surface area contributed by atoms with Crippen LogP contribution in [0.5, 0.6) is 11.5 Å². The Labute approximate surface area is 106 Å². The molecule has 0 aliphatic heterocycles. The van der Waals surface area contributed by atoms with Crippen molar-refractivity contribution in [3.8, 4) is 11.5 Å². The predicted octanol–water partition coefficient (Wildman–Crippen LogP) is 3.98. The molecule has 0 aliphatic rings. The van der Waals surface area contributed by atoms with Gasteiger partial charge in [0.05, 0.1) is 6.10 Å². The van der Waals surface area contributed by atoms with Crippen molar-refractivity contribution in [3.63, 3.8) is 0 Å². The van der Waals surface area contributed by atoms with E-state index in [-0.39, 0.29) is 5.75 Å². The number of halogens is 1. The monoisotopic (exact) mass is 246 g/mol. The van der Waals surface area contributed by atoms with Crippen LogP contribution in [0.2, 0.25) is 0 Å². The van der Waals surface area contributed by atoms with E-state index in [1.807, 2.05) is 25.1 Å². The molecule has 1 N–H and O–H groups in total. The Bertz CT molecular complexity index is 550. The molecule has 0 bridgehead atoms. The van der Waals surface area contributed by atoms with Crippen LogP contribution in [-0.4, -0.2) is 5.11 Å². The minimum Gasteiger partial charge on any atom is -0.454 e. The van der Waals surface area contributed by atoms with Crippen LogP contribution in [0.3, 0.4) is 0 Å². The molecule has 0 unspecified atom stereocenters. The van der Waals surface area contributed by atoms with E-state index in [0.29, 0.717) is 11.3 Å². The average molecular weight is 246 g/mol. The number of aliphatic hydroxyl groups excluding tert-OH is 1. The van der Waals surface area contributed by atoms with Crippen molar-refractivity contribution in [2.75, 3.05) is 0 Å². The van der Waals surface area contributed by atoms with Crippen molar-refractivity contribution < 1.29 is 14.2 Å². The standard InChI is InChI=1S/C15H15FO2/c1-10-5-3-4-6-14(10)18-15-8-7-12(11(2)17)9-13(15)16/h3-9,11,17H,1-2H3/t11-/m1/s1. The number of hydrogen-bond donors (Lipinski definition) is 1. The Morgan fingerprint density at radius 3 is 2.44 bits per heavy atom. The summed E-state index contributed by atoms with van der Waals surface area (Å²) in [6.07, 6.45) is -0.688. The van der Waals surface area contributed by atoms with Crippen LogP contribution in [-0.2, 0) is 0 Å². The lowest BCUT2D eigenvalue weighted by Crippen LogP contribution is -1.95. The van der Waals surface area contributed by atoms with Gasteiger partial charge in [-0.05, 0) is 43.2 Å². The summed E-state index contributed by atoms with van der Waals surface area (Å²) in [4.78, 5) is 0. The van der Waals surface area contributed by atoms with Crippen LogP contribution in [0.25, 0.3) is 0 Å². The lowest BCUT2D eigenvalue weighted by Gasteiger charge is -2.11. The number of aryl methyl sites for hydroxylation is 1. The lowest BCUT2D eigenvalue weighted by molar-refractivity contribution is 0.198. The van der Waals surface area contributed by atoms with E-state index in [9.17, 15) is 9.50 Å². The predicted molar refractivity (Wildman–Crippen MR) is 68.3 cm³/mol. The first-order valence-electron chi connectivity index (χ1n) is 5.79. The summed E-state index contributed by atoms with van der Waals surface area (Å²) < 4.78 is 19.3. The van der Waals surface area contributed by atoms with Crippen LogP contribution < -0.4 is 4.74 Å². The second-order valence-electron chi connectivity index (χ2n) is 4.23. The van der Waals surface area contributed by atoms with E-state index in [4.69, 9.17) is 4.74 Å². The molecule has 1 atom stereocenters. The van der Waals surface area contributed by atoms with Gasteiger partial charge < -0.3 is 9.84 Å². The third kappa shape index (κ3) is 2.68. The zero-order chi connectivity index (χ0) is 13.1.